The second-order valence-corrected chi connectivity index (χ2v) is 25.1. The van der Waals surface area contributed by atoms with Gasteiger partial charge >= 0.3 is 239 Å². The molecule has 0 saturated heterocycles. The Bertz CT molecular complexity index is 5640. The molecule has 0 unspecified atom stereocenters. The summed E-state index contributed by atoms with van der Waals surface area (Å²) in [6.45, 7) is 1.46. The van der Waals surface area contributed by atoms with Gasteiger partial charge < -0.3 is 49.7 Å². The van der Waals surface area contributed by atoms with Crippen LogP contribution in [0, 0.1) is 25.1 Å². The SMILES string of the molecule is Cc1cc2cc(S(=O)(=O)[O-])cc(Nc3nc(Cl)nc(Nc4ccc(Nc5nc(Cl)nc(Nc6cc(S(=O)(=O)[O-])cc7c[c-]c(N=Nc8[c-]c9cccc(S(=O)(=O)[O-])c9cc8)c(O)c67)n5)cc4)n3)c2c(O)c1N=Nc1c[c-]ccc1S(=O)(=O)[O-].O=S(=O)=O.O=S(=O)=O.O=S(=O)=O.[Na+].[Na+].[Na+].[Na+].[Na+].[Na+].[Na+]. The number of aromatic nitrogens is 6. The molecule has 8 aromatic carbocycles. The number of anilines is 8. The molecule has 2 heterocycles. The molecule has 0 amide bonds. The predicted octanol–water partition coefficient (Wildman–Crippen LogP) is -14.6. The summed E-state index contributed by atoms with van der Waals surface area (Å²) in [5, 5.41) is 49.7. The van der Waals surface area contributed by atoms with Gasteiger partial charge in [0.1, 0.15) is 46.2 Å². The molecular weight excluding hydrogens is 1610 g/mol. The van der Waals surface area contributed by atoms with Crippen LogP contribution in [0.1, 0.15) is 5.56 Å². The summed E-state index contributed by atoms with van der Waals surface area (Å²) in [5.74, 6) is -2.21. The molecule has 0 radical (unpaired) electrons. The molecule has 102 heavy (non-hydrogen) atoms. The maximum absolute atomic E-state index is 12.3. The number of aryl methyl sites for hydroxylation is 1. The number of phenolic OH excluding ortho intramolecular Hbond substituents is 2. The van der Waals surface area contributed by atoms with Gasteiger partial charge in [0.05, 0.1) is 10.6 Å². The van der Waals surface area contributed by atoms with Gasteiger partial charge in [-0.25, -0.2) is 38.8 Å². The number of hydrogen-bond donors (Lipinski definition) is 6. The number of halogens is 2. The third-order valence-electron chi connectivity index (χ3n) is 11.6. The van der Waals surface area contributed by atoms with Crippen molar-refractivity contribution >= 4 is 197 Å². The molecule has 0 spiro atoms. The smallest absolute Gasteiger partial charge is 0.746 e. The number of fused-ring (bicyclic) bond motifs is 3. The number of benzene rings is 8. The average molecular weight is 1640 g/mol. The average Bonchev–Trinajstić information content (AvgIpc) is 0.768. The molecule has 494 valence electrons. The molecule has 2 aromatic heterocycles. The fraction of sp³-hybridized carbons (Fsp3) is 0.0204. The van der Waals surface area contributed by atoms with Crippen molar-refractivity contribution in [3.8, 4) is 11.5 Å². The Labute approximate surface area is 745 Å². The zero-order valence-corrected chi connectivity index (χ0v) is 74.2. The topological polar surface area (TPSA) is 598 Å². The number of hydrogen-bond acceptors (Lipinski definition) is 37. The zero-order valence-electron chi connectivity index (χ0n) is 52.9. The van der Waals surface area contributed by atoms with Gasteiger partial charge in [-0.15, -0.1) is 85.1 Å². The van der Waals surface area contributed by atoms with Gasteiger partial charge in [-0.1, -0.05) is 22.9 Å². The molecule has 53 heteroatoms. The van der Waals surface area contributed by atoms with E-state index in [1.54, 1.807) is 0 Å². The van der Waals surface area contributed by atoms with Crippen LogP contribution in [0.25, 0.3) is 32.3 Å². The molecule has 0 aliphatic carbocycles. The minimum atomic E-state index is -5.12. The van der Waals surface area contributed by atoms with Crippen LogP contribution in [-0.4, -0.2) is 130 Å². The van der Waals surface area contributed by atoms with E-state index in [-0.39, 0.29) is 308 Å². The molecular formula is C49H27Cl2N14Na7O23S7. The van der Waals surface area contributed by atoms with Gasteiger partial charge in [0.25, 0.3) is 0 Å². The van der Waals surface area contributed by atoms with Crippen LogP contribution in [0.3, 0.4) is 0 Å². The van der Waals surface area contributed by atoms with E-state index >= 15 is 0 Å². The summed E-state index contributed by atoms with van der Waals surface area (Å²) in [6, 6.07) is 30.5. The van der Waals surface area contributed by atoms with Crippen molar-refractivity contribution in [2.45, 2.75) is 26.5 Å². The monoisotopic (exact) mass is 1630 g/mol. The van der Waals surface area contributed by atoms with Crippen molar-refractivity contribution in [1.29, 1.82) is 0 Å². The first-order valence-corrected chi connectivity index (χ1v) is 33.7. The van der Waals surface area contributed by atoms with Gasteiger partial charge in [-0.05, 0) is 100 Å². The Morgan fingerprint density at radius 2 is 0.922 bits per heavy atom. The van der Waals surface area contributed by atoms with Crippen LogP contribution < -0.4 is 228 Å². The molecule has 0 atom stereocenters. The zero-order chi connectivity index (χ0) is 70.1. The van der Waals surface area contributed by atoms with Gasteiger partial charge in [-0.2, -0.15) is 75.6 Å². The Morgan fingerprint density at radius 1 is 0.480 bits per heavy atom. The van der Waals surface area contributed by atoms with E-state index in [1.165, 1.54) is 73.7 Å². The minimum absolute atomic E-state index is 0. The van der Waals surface area contributed by atoms with Crippen LogP contribution in [0.4, 0.5) is 69.3 Å². The van der Waals surface area contributed by atoms with E-state index in [2.05, 4.69) is 89.8 Å². The second kappa shape index (κ2) is 43.0. The van der Waals surface area contributed by atoms with Crippen molar-refractivity contribution in [3.05, 3.63) is 144 Å². The van der Waals surface area contributed by atoms with Crippen molar-refractivity contribution in [3.63, 3.8) is 0 Å². The van der Waals surface area contributed by atoms with Crippen LogP contribution in [0.15, 0.2) is 149 Å². The summed E-state index contributed by atoms with van der Waals surface area (Å²) in [7, 11) is -29.4. The Balaban J connectivity index is 0.00000498. The first-order chi connectivity index (χ1) is 44.3. The number of phenols is 2. The fourth-order valence-electron chi connectivity index (χ4n) is 8.07. The normalized spacial score (nSPS) is 10.8. The first kappa shape index (κ1) is 98.6. The van der Waals surface area contributed by atoms with Crippen molar-refractivity contribution < 1.29 is 307 Å². The second-order valence-electron chi connectivity index (χ2n) is 17.7. The Hall–Kier alpha value is -3.36. The summed E-state index contributed by atoms with van der Waals surface area (Å²) in [6.07, 6.45) is 0. The number of nitrogens with one attached hydrogen (secondary N) is 4. The van der Waals surface area contributed by atoms with E-state index < -0.39 is 109 Å². The molecule has 0 bridgehead atoms. The number of aromatic hydroxyl groups is 2. The third kappa shape index (κ3) is 28.7. The van der Waals surface area contributed by atoms with Gasteiger partial charge in [-0.3, -0.25) is 0 Å². The van der Waals surface area contributed by atoms with Crippen LogP contribution in [0.2, 0.25) is 10.6 Å². The molecule has 10 rings (SSSR count). The van der Waals surface area contributed by atoms with Crippen LogP contribution in [-0.2, 0) is 72.3 Å². The Kier molecular flexibility index (Phi) is 41.6. The number of nitrogens with zero attached hydrogens (tertiary/aromatic N) is 10. The van der Waals surface area contributed by atoms with Gasteiger partial charge in [0.2, 0.25) is 34.4 Å². The minimum Gasteiger partial charge on any atom is -0.746 e. The van der Waals surface area contributed by atoms with Crippen molar-refractivity contribution in [1.82, 2.24) is 29.9 Å². The third-order valence-corrected chi connectivity index (χ3v) is 15.3. The molecule has 0 saturated carbocycles. The molecule has 10 aromatic rings. The van der Waals surface area contributed by atoms with Gasteiger partial charge in [0, 0.05) is 49.4 Å². The van der Waals surface area contributed by atoms with E-state index in [9.17, 15) is 62.1 Å². The van der Waals surface area contributed by atoms with Crippen molar-refractivity contribution in [2.24, 2.45) is 20.5 Å². The fourth-order valence-corrected chi connectivity index (χ4v) is 10.7. The molecule has 37 nitrogen and oxygen atoms in total. The van der Waals surface area contributed by atoms with Crippen LogP contribution >= 0.6 is 23.2 Å². The number of azo groups is 2. The van der Waals surface area contributed by atoms with Crippen molar-refractivity contribution in [2.75, 3.05) is 21.3 Å². The maximum Gasteiger partial charge on any atom is 1.00 e. The predicted molar refractivity (Wildman–Crippen MR) is 321 cm³/mol. The summed E-state index contributed by atoms with van der Waals surface area (Å²) in [5.41, 5.74) is -0.440. The van der Waals surface area contributed by atoms with Crippen LogP contribution in [0.5, 0.6) is 11.5 Å². The van der Waals surface area contributed by atoms with E-state index in [1.807, 2.05) is 0 Å². The van der Waals surface area contributed by atoms with E-state index in [0.717, 1.165) is 42.5 Å². The molecule has 6 N–H and O–H groups in total. The molecule has 0 fully saturated rings. The summed E-state index contributed by atoms with van der Waals surface area (Å²) >= 11 is 12.6. The first-order valence-electron chi connectivity index (χ1n) is 24.3. The molecule has 0 aliphatic heterocycles. The van der Waals surface area contributed by atoms with E-state index in [0.29, 0.717) is 11.4 Å². The quantitative estimate of drug-likeness (QED) is 0.0226. The van der Waals surface area contributed by atoms with E-state index in [4.69, 9.17) is 61.1 Å². The molecule has 0 aliphatic rings. The largest absolute Gasteiger partial charge is 1.00 e. The van der Waals surface area contributed by atoms with Gasteiger partial charge in [0.15, 0.2) is 5.75 Å². The standard InChI is InChI=1S/C49H31Cl2N14O14S4.7Na.3O3S/c1-23-17-26-20-31(81(71,72)73)22-36(40(26)43(67)41(23)65-63-33-6-2-3-7-38(33)83(77,78)79)55-49-59-45(51)57-47(61-49)53-28-12-10-27(11-13-28)52-46-56-44(50)58-48(60-46)54-35-21-30(80(68,69)70)19-25-9-16-34(42(66)39(25)35)64-62-29-14-15-32-24(18-29)5-4-8-37(32)82(74,75)76;;;;;;;;3*1-4(2)3/h3-15,17,19-22,66-67H,1H3,(H,68,69,70)(H,71,72,73)(H,74,75,76)(H,77,78,79)(H2,52,54,56,58,60)(H2,53,55,57,59,61);;;;;;;;;;/q-3;7*+1;;;/p-4. The number of rotatable bonds is 16. The maximum atomic E-state index is 12.3. The summed E-state index contributed by atoms with van der Waals surface area (Å²) < 4.78 is 221. The Morgan fingerprint density at radius 3 is 1.37 bits per heavy atom. The summed E-state index contributed by atoms with van der Waals surface area (Å²) in [4.78, 5) is 22.2.